The maximum absolute atomic E-state index is 11.5. The van der Waals surface area contributed by atoms with Crippen molar-refractivity contribution in [2.24, 2.45) is 5.41 Å². The molecule has 0 heterocycles. The molecule has 18 heavy (non-hydrogen) atoms. The maximum Gasteiger partial charge on any atom is 0.303 e. The molecule has 0 bridgehead atoms. The zero-order valence-electron chi connectivity index (χ0n) is 11.9. The van der Waals surface area contributed by atoms with Crippen LogP contribution in [0.5, 0.6) is 0 Å². The van der Waals surface area contributed by atoms with Crippen molar-refractivity contribution in [2.45, 2.75) is 65.7 Å². The summed E-state index contributed by atoms with van der Waals surface area (Å²) < 4.78 is 0. The molecule has 0 aromatic rings. The Labute approximate surface area is 110 Å². The summed E-state index contributed by atoms with van der Waals surface area (Å²) in [4.78, 5) is 21.7. The van der Waals surface area contributed by atoms with Crippen LogP contribution in [0.2, 0.25) is 0 Å². The van der Waals surface area contributed by atoms with E-state index in [4.69, 9.17) is 5.11 Å². The van der Waals surface area contributed by atoms with Crippen molar-refractivity contribution in [2.75, 3.05) is 6.54 Å². The van der Waals surface area contributed by atoms with Crippen LogP contribution in [-0.4, -0.2) is 23.5 Å². The maximum atomic E-state index is 11.5. The largest absolute Gasteiger partial charge is 0.481 e. The van der Waals surface area contributed by atoms with E-state index in [0.717, 1.165) is 25.7 Å². The number of unbranched alkanes of at least 4 members (excludes halogenated alkanes) is 2. The van der Waals surface area contributed by atoms with Gasteiger partial charge in [-0.2, -0.15) is 0 Å². The summed E-state index contributed by atoms with van der Waals surface area (Å²) in [6, 6.07) is 0. The third kappa shape index (κ3) is 13.0. The van der Waals surface area contributed by atoms with E-state index in [1.54, 1.807) is 0 Å². The zero-order chi connectivity index (χ0) is 14.0. The quantitative estimate of drug-likeness (QED) is 0.624. The van der Waals surface area contributed by atoms with Crippen molar-refractivity contribution in [3.8, 4) is 0 Å². The number of carboxylic acid groups (broad SMARTS) is 1. The number of rotatable bonds is 9. The van der Waals surface area contributed by atoms with Crippen LogP contribution in [0.4, 0.5) is 0 Å². The fourth-order valence-electron chi connectivity index (χ4n) is 1.67. The highest BCUT2D eigenvalue weighted by Crippen LogP contribution is 2.21. The van der Waals surface area contributed by atoms with E-state index in [2.05, 4.69) is 26.1 Å². The van der Waals surface area contributed by atoms with Crippen LogP contribution >= 0.6 is 0 Å². The first-order valence-corrected chi connectivity index (χ1v) is 6.80. The van der Waals surface area contributed by atoms with Crippen LogP contribution in [0.25, 0.3) is 0 Å². The van der Waals surface area contributed by atoms with Crippen LogP contribution in [0.3, 0.4) is 0 Å². The summed E-state index contributed by atoms with van der Waals surface area (Å²) in [5.74, 6) is -0.640. The predicted octanol–water partition coefficient (Wildman–Crippen LogP) is 2.96. The van der Waals surface area contributed by atoms with Gasteiger partial charge in [0.2, 0.25) is 5.91 Å². The number of carbonyl (C=O) groups excluding carboxylic acids is 1. The number of hydrogen-bond donors (Lipinski definition) is 2. The van der Waals surface area contributed by atoms with Crippen LogP contribution in [0.1, 0.15) is 65.7 Å². The molecule has 0 aliphatic heterocycles. The Bertz CT molecular complexity index is 256. The number of amides is 1. The lowest BCUT2D eigenvalue weighted by molar-refractivity contribution is -0.137. The van der Waals surface area contributed by atoms with Crippen molar-refractivity contribution in [1.29, 1.82) is 0 Å². The Hall–Kier alpha value is -1.06. The molecule has 4 nitrogen and oxygen atoms in total. The molecule has 106 valence electrons. The molecule has 0 saturated heterocycles. The first-order chi connectivity index (χ1) is 8.31. The molecule has 0 aromatic heterocycles. The summed E-state index contributed by atoms with van der Waals surface area (Å²) in [6.45, 7) is 7.18. The summed E-state index contributed by atoms with van der Waals surface area (Å²) in [6.07, 6.45) is 5.20. The summed E-state index contributed by atoms with van der Waals surface area (Å²) in [7, 11) is 0. The van der Waals surface area contributed by atoms with E-state index in [9.17, 15) is 9.59 Å². The van der Waals surface area contributed by atoms with E-state index in [-0.39, 0.29) is 17.7 Å². The van der Waals surface area contributed by atoms with Gasteiger partial charge in [0.1, 0.15) is 0 Å². The van der Waals surface area contributed by atoms with Crippen molar-refractivity contribution in [1.82, 2.24) is 5.32 Å². The summed E-state index contributed by atoms with van der Waals surface area (Å²) >= 11 is 0. The molecule has 0 aromatic carbocycles. The summed E-state index contributed by atoms with van der Waals surface area (Å²) in [5, 5.41) is 11.3. The SMILES string of the molecule is CC(C)(C)CCCC(=O)NCCCCCC(=O)O. The first kappa shape index (κ1) is 16.9. The lowest BCUT2D eigenvalue weighted by atomic mass is 9.90. The Morgan fingerprint density at radius 1 is 1.00 bits per heavy atom. The van der Waals surface area contributed by atoms with Crippen LogP contribution in [0.15, 0.2) is 0 Å². The van der Waals surface area contributed by atoms with Crippen molar-refractivity contribution < 1.29 is 14.7 Å². The number of aliphatic carboxylic acids is 1. The predicted molar refractivity (Wildman–Crippen MR) is 72.4 cm³/mol. The number of carboxylic acids is 1. The highest BCUT2D eigenvalue weighted by Gasteiger charge is 2.10. The van der Waals surface area contributed by atoms with E-state index in [1.807, 2.05) is 0 Å². The normalized spacial score (nSPS) is 11.3. The molecule has 0 aliphatic carbocycles. The Morgan fingerprint density at radius 2 is 1.67 bits per heavy atom. The molecule has 0 rings (SSSR count). The van der Waals surface area contributed by atoms with Gasteiger partial charge < -0.3 is 10.4 Å². The monoisotopic (exact) mass is 257 g/mol. The second-order valence-corrected chi connectivity index (χ2v) is 5.97. The highest BCUT2D eigenvalue weighted by molar-refractivity contribution is 5.75. The molecule has 0 aliphatic rings. The molecule has 0 saturated carbocycles. The van der Waals surface area contributed by atoms with Gasteiger partial charge in [-0.25, -0.2) is 0 Å². The molecule has 0 radical (unpaired) electrons. The van der Waals surface area contributed by atoms with Gasteiger partial charge in [0, 0.05) is 19.4 Å². The lowest BCUT2D eigenvalue weighted by Crippen LogP contribution is -2.24. The number of nitrogens with one attached hydrogen (secondary N) is 1. The second kappa shape index (κ2) is 8.95. The minimum Gasteiger partial charge on any atom is -0.481 e. The van der Waals surface area contributed by atoms with Crippen molar-refractivity contribution >= 4 is 11.9 Å². The van der Waals surface area contributed by atoms with Crippen LogP contribution in [0, 0.1) is 5.41 Å². The summed E-state index contributed by atoms with van der Waals surface area (Å²) in [5.41, 5.74) is 0.289. The third-order valence-corrected chi connectivity index (χ3v) is 2.72. The average Bonchev–Trinajstić information content (AvgIpc) is 2.20. The number of hydrogen-bond acceptors (Lipinski definition) is 2. The second-order valence-electron chi connectivity index (χ2n) is 5.97. The van der Waals surface area contributed by atoms with Crippen molar-refractivity contribution in [3.05, 3.63) is 0 Å². The molecule has 1 amide bonds. The zero-order valence-corrected chi connectivity index (χ0v) is 11.9. The van der Waals surface area contributed by atoms with E-state index < -0.39 is 5.97 Å². The Kier molecular flexibility index (Phi) is 8.42. The molecule has 0 atom stereocenters. The Morgan fingerprint density at radius 3 is 2.22 bits per heavy atom. The van der Waals surface area contributed by atoms with Gasteiger partial charge in [-0.05, 0) is 31.1 Å². The van der Waals surface area contributed by atoms with Gasteiger partial charge in [-0.15, -0.1) is 0 Å². The van der Waals surface area contributed by atoms with Gasteiger partial charge in [-0.3, -0.25) is 9.59 Å². The molecule has 0 spiro atoms. The molecule has 4 heteroatoms. The van der Waals surface area contributed by atoms with Gasteiger partial charge >= 0.3 is 5.97 Å². The van der Waals surface area contributed by atoms with Gasteiger partial charge in [0.15, 0.2) is 0 Å². The molecule has 0 fully saturated rings. The van der Waals surface area contributed by atoms with E-state index >= 15 is 0 Å². The standard InChI is InChI=1S/C14H27NO3/c1-14(2,3)10-7-8-12(16)15-11-6-4-5-9-13(17)18/h4-11H2,1-3H3,(H,15,16)(H,17,18). The lowest BCUT2D eigenvalue weighted by Gasteiger charge is -2.17. The molecule has 0 unspecified atom stereocenters. The fraction of sp³-hybridized carbons (Fsp3) is 0.857. The Balaban J connectivity index is 3.35. The van der Waals surface area contributed by atoms with E-state index in [1.165, 1.54) is 0 Å². The average molecular weight is 257 g/mol. The molecule has 2 N–H and O–H groups in total. The fourth-order valence-corrected chi connectivity index (χ4v) is 1.67. The van der Waals surface area contributed by atoms with Gasteiger partial charge in [0.05, 0.1) is 0 Å². The van der Waals surface area contributed by atoms with Gasteiger partial charge in [-0.1, -0.05) is 27.2 Å². The molecular formula is C14H27NO3. The van der Waals surface area contributed by atoms with E-state index in [0.29, 0.717) is 19.4 Å². The van der Waals surface area contributed by atoms with Gasteiger partial charge in [0.25, 0.3) is 0 Å². The minimum absolute atomic E-state index is 0.109. The topological polar surface area (TPSA) is 66.4 Å². The highest BCUT2D eigenvalue weighted by atomic mass is 16.4. The van der Waals surface area contributed by atoms with Crippen LogP contribution in [-0.2, 0) is 9.59 Å². The van der Waals surface area contributed by atoms with Crippen LogP contribution < -0.4 is 5.32 Å². The number of carbonyl (C=O) groups is 2. The van der Waals surface area contributed by atoms with Crippen molar-refractivity contribution in [3.63, 3.8) is 0 Å². The minimum atomic E-state index is -0.749. The third-order valence-electron chi connectivity index (χ3n) is 2.72. The molecular weight excluding hydrogens is 230 g/mol. The first-order valence-electron chi connectivity index (χ1n) is 6.80. The smallest absolute Gasteiger partial charge is 0.303 e.